The number of hydrogen-bond acceptors (Lipinski definition) is 4. The lowest BCUT2D eigenvalue weighted by atomic mass is 10.1. The largest absolute Gasteiger partial charge is 0.464 e. The van der Waals surface area contributed by atoms with Crippen LogP contribution in [-0.2, 0) is 14.3 Å². The second kappa shape index (κ2) is 9.99. The zero-order chi connectivity index (χ0) is 20.8. The monoisotopic (exact) mass is 429 g/mol. The minimum absolute atomic E-state index is 0.231. The van der Waals surface area contributed by atoms with E-state index < -0.39 is 6.04 Å². The Kier molecular flexibility index (Phi) is 7.40. The molecule has 2 unspecified atom stereocenters. The van der Waals surface area contributed by atoms with E-state index in [1.807, 2.05) is 62.4 Å². The molecular weight excluding hydrogens is 406 g/mol. The highest BCUT2D eigenvalue weighted by molar-refractivity contribution is 7.99. The van der Waals surface area contributed by atoms with E-state index in [1.165, 1.54) is 17.8 Å². The summed E-state index contributed by atoms with van der Waals surface area (Å²) in [7, 11) is 0. The molecule has 1 amide bonds. The molecule has 1 heterocycles. The topological polar surface area (TPSA) is 46.6 Å². The van der Waals surface area contributed by atoms with Crippen LogP contribution in [-0.4, -0.2) is 35.2 Å². The lowest BCUT2D eigenvalue weighted by Crippen LogP contribution is -2.43. The predicted molar refractivity (Wildman–Crippen MR) is 119 cm³/mol. The van der Waals surface area contributed by atoms with Crippen LogP contribution in [0.15, 0.2) is 60.7 Å². The van der Waals surface area contributed by atoms with Gasteiger partial charge in [0.2, 0.25) is 5.91 Å². The number of rotatable bonds is 6. The molecular formula is C23H24ClNO3S. The summed E-state index contributed by atoms with van der Waals surface area (Å²) < 4.78 is 5.44. The molecule has 2 aromatic rings. The second-order valence-electron chi connectivity index (χ2n) is 7.24. The maximum atomic E-state index is 13.1. The van der Waals surface area contributed by atoms with E-state index in [0.717, 1.165) is 11.1 Å². The van der Waals surface area contributed by atoms with Gasteiger partial charge in [0.25, 0.3) is 0 Å². The van der Waals surface area contributed by atoms with E-state index in [9.17, 15) is 9.59 Å². The Morgan fingerprint density at radius 3 is 2.55 bits per heavy atom. The number of ether oxygens (including phenoxy) is 1. The predicted octanol–water partition coefficient (Wildman–Crippen LogP) is 5.20. The van der Waals surface area contributed by atoms with Crippen molar-refractivity contribution in [3.8, 4) is 0 Å². The van der Waals surface area contributed by atoms with Crippen molar-refractivity contribution in [1.29, 1.82) is 0 Å². The molecule has 1 aliphatic heterocycles. The molecule has 0 radical (unpaired) electrons. The van der Waals surface area contributed by atoms with Gasteiger partial charge in [-0.15, -0.1) is 11.8 Å². The molecule has 152 valence electrons. The third-order valence-corrected chi connectivity index (χ3v) is 6.12. The fraction of sp³-hybridized carbons (Fsp3) is 0.304. The van der Waals surface area contributed by atoms with Crippen LogP contribution < -0.4 is 0 Å². The van der Waals surface area contributed by atoms with Crippen LogP contribution in [0.5, 0.6) is 0 Å². The normalized spacial score (nSPS) is 19.1. The number of nitrogens with zero attached hydrogens (tertiary/aromatic N) is 1. The molecule has 0 aromatic heterocycles. The Morgan fingerprint density at radius 1 is 1.17 bits per heavy atom. The fourth-order valence-corrected chi connectivity index (χ4v) is 4.80. The quantitative estimate of drug-likeness (QED) is 0.468. The molecule has 4 nitrogen and oxygen atoms in total. The number of hydrogen-bond donors (Lipinski definition) is 0. The summed E-state index contributed by atoms with van der Waals surface area (Å²) in [6.07, 6.45) is 3.26. The lowest BCUT2D eigenvalue weighted by Gasteiger charge is -2.28. The molecule has 29 heavy (non-hydrogen) atoms. The van der Waals surface area contributed by atoms with Crippen molar-refractivity contribution < 1.29 is 14.3 Å². The van der Waals surface area contributed by atoms with Gasteiger partial charge in [0, 0.05) is 22.4 Å². The summed E-state index contributed by atoms with van der Waals surface area (Å²) in [5.74, 6) is 0.0876. The summed E-state index contributed by atoms with van der Waals surface area (Å²) in [5, 5.41) is 0.235. The number of esters is 1. The molecule has 3 rings (SSSR count). The van der Waals surface area contributed by atoms with Crippen LogP contribution in [0.1, 0.15) is 30.3 Å². The average molecular weight is 430 g/mol. The molecule has 6 heteroatoms. The highest BCUT2D eigenvalue weighted by atomic mass is 35.5. The fourth-order valence-electron chi connectivity index (χ4n) is 3.03. The first kappa shape index (κ1) is 21.5. The Labute approximate surface area is 180 Å². The van der Waals surface area contributed by atoms with Gasteiger partial charge in [0.05, 0.1) is 6.61 Å². The van der Waals surface area contributed by atoms with Gasteiger partial charge in [0.1, 0.15) is 11.4 Å². The van der Waals surface area contributed by atoms with Crippen molar-refractivity contribution in [3.05, 3.63) is 76.8 Å². The molecule has 0 spiro atoms. The molecule has 0 N–H and O–H groups in total. The van der Waals surface area contributed by atoms with Crippen LogP contribution in [0.4, 0.5) is 0 Å². The average Bonchev–Trinajstić information content (AvgIpc) is 3.16. The zero-order valence-corrected chi connectivity index (χ0v) is 18.0. The van der Waals surface area contributed by atoms with Crippen LogP contribution in [0, 0.1) is 5.92 Å². The van der Waals surface area contributed by atoms with Gasteiger partial charge in [-0.1, -0.05) is 74.0 Å². The van der Waals surface area contributed by atoms with Gasteiger partial charge in [-0.3, -0.25) is 4.79 Å². The smallest absolute Gasteiger partial charge is 0.329 e. The molecule has 1 fully saturated rings. The maximum absolute atomic E-state index is 13.1. The molecule has 0 bridgehead atoms. The van der Waals surface area contributed by atoms with Crippen molar-refractivity contribution >= 4 is 41.3 Å². The van der Waals surface area contributed by atoms with E-state index >= 15 is 0 Å². The first-order valence-corrected chi connectivity index (χ1v) is 11.0. The van der Waals surface area contributed by atoms with Gasteiger partial charge < -0.3 is 9.64 Å². The zero-order valence-electron chi connectivity index (χ0n) is 16.5. The number of carbonyl (C=O) groups excluding carboxylic acids is 2. The van der Waals surface area contributed by atoms with Crippen LogP contribution >= 0.6 is 23.4 Å². The minimum atomic E-state index is -0.645. The molecule has 0 saturated carbocycles. The summed E-state index contributed by atoms with van der Waals surface area (Å²) in [4.78, 5) is 27.4. The molecule has 1 aliphatic rings. The van der Waals surface area contributed by atoms with Crippen LogP contribution in [0.25, 0.3) is 6.08 Å². The van der Waals surface area contributed by atoms with E-state index in [4.69, 9.17) is 16.3 Å². The van der Waals surface area contributed by atoms with Crippen LogP contribution in [0.3, 0.4) is 0 Å². The van der Waals surface area contributed by atoms with Gasteiger partial charge >= 0.3 is 5.97 Å². The second-order valence-corrected chi connectivity index (χ2v) is 8.76. The van der Waals surface area contributed by atoms with Gasteiger partial charge in [0.15, 0.2) is 0 Å². The molecule has 0 aliphatic carbocycles. The maximum Gasteiger partial charge on any atom is 0.329 e. The molecule has 2 atom stereocenters. The minimum Gasteiger partial charge on any atom is -0.464 e. The van der Waals surface area contributed by atoms with Crippen molar-refractivity contribution in [2.45, 2.75) is 25.3 Å². The Balaban J connectivity index is 1.87. The molecule has 2 aromatic carbocycles. The van der Waals surface area contributed by atoms with E-state index in [0.29, 0.717) is 17.4 Å². The Hall–Kier alpha value is -2.24. The number of amides is 1. The highest BCUT2D eigenvalue weighted by Crippen LogP contribution is 2.44. The number of benzene rings is 2. The third kappa shape index (κ3) is 5.43. The van der Waals surface area contributed by atoms with Gasteiger partial charge in [-0.25, -0.2) is 4.79 Å². The van der Waals surface area contributed by atoms with E-state index in [1.54, 1.807) is 17.0 Å². The summed E-state index contributed by atoms with van der Waals surface area (Å²) in [6.45, 7) is 4.29. The van der Waals surface area contributed by atoms with Crippen molar-refractivity contribution in [2.24, 2.45) is 5.92 Å². The van der Waals surface area contributed by atoms with Crippen molar-refractivity contribution in [2.75, 3.05) is 12.4 Å². The van der Waals surface area contributed by atoms with Crippen molar-refractivity contribution in [3.63, 3.8) is 0 Å². The SMILES string of the molecule is CC(C)COC(=O)C1CSC(c2ccccc2Cl)N1C(=O)/C=C/c1ccccc1. The van der Waals surface area contributed by atoms with E-state index in [-0.39, 0.29) is 23.2 Å². The first-order valence-electron chi connectivity index (χ1n) is 9.55. The Morgan fingerprint density at radius 2 is 1.86 bits per heavy atom. The first-order chi connectivity index (χ1) is 14.0. The summed E-state index contributed by atoms with van der Waals surface area (Å²) in [5.41, 5.74) is 1.74. The lowest BCUT2D eigenvalue weighted by molar-refractivity contribution is -0.153. The summed E-state index contributed by atoms with van der Waals surface area (Å²) >= 11 is 7.92. The number of carbonyl (C=O) groups is 2. The standard InChI is InChI=1S/C23H24ClNO3S/c1-16(2)14-28-23(27)20-15-29-22(18-10-6-7-11-19(18)24)25(20)21(26)13-12-17-8-4-3-5-9-17/h3-13,16,20,22H,14-15H2,1-2H3/b13-12+. The van der Waals surface area contributed by atoms with E-state index in [2.05, 4.69) is 0 Å². The van der Waals surface area contributed by atoms with Gasteiger partial charge in [-0.05, 0) is 23.6 Å². The molecule has 1 saturated heterocycles. The number of thioether (sulfide) groups is 1. The summed E-state index contributed by atoms with van der Waals surface area (Å²) in [6, 6.07) is 16.4. The number of halogens is 1. The van der Waals surface area contributed by atoms with Crippen LogP contribution in [0.2, 0.25) is 5.02 Å². The highest BCUT2D eigenvalue weighted by Gasteiger charge is 2.43. The third-order valence-electron chi connectivity index (χ3n) is 4.48. The van der Waals surface area contributed by atoms with Crippen molar-refractivity contribution in [1.82, 2.24) is 4.90 Å². The van der Waals surface area contributed by atoms with Gasteiger partial charge in [-0.2, -0.15) is 0 Å². The Bertz CT molecular complexity index is 885.